The van der Waals surface area contributed by atoms with Crippen LogP contribution in [0.3, 0.4) is 0 Å². The third kappa shape index (κ3) is 4.39. The van der Waals surface area contributed by atoms with Gasteiger partial charge in [0.15, 0.2) is 22.1 Å². The summed E-state index contributed by atoms with van der Waals surface area (Å²) >= 11 is 1.59. The summed E-state index contributed by atoms with van der Waals surface area (Å²) in [6, 6.07) is 8.28. The van der Waals surface area contributed by atoms with Crippen molar-refractivity contribution in [1.82, 2.24) is 25.0 Å². The first kappa shape index (κ1) is 23.5. The lowest BCUT2D eigenvalue weighted by Gasteiger charge is -2.17. The number of aliphatic hydroxyl groups is 3. The molecule has 2 fully saturated rings. The number of rotatable bonds is 9. The lowest BCUT2D eigenvalue weighted by molar-refractivity contribution is 0.00107. The fourth-order valence-corrected chi connectivity index (χ4v) is 5.76. The Bertz CT molecular complexity index is 1160. The summed E-state index contributed by atoms with van der Waals surface area (Å²) in [5.74, 6) is 1.79. The molecule has 0 saturated heterocycles. The zero-order chi connectivity index (χ0) is 23.8. The molecule has 0 bridgehead atoms. The van der Waals surface area contributed by atoms with Gasteiger partial charge in [-0.2, -0.15) is 0 Å². The van der Waals surface area contributed by atoms with E-state index in [0.29, 0.717) is 40.9 Å². The molecule has 2 aliphatic carbocycles. The van der Waals surface area contributed by atoms with Crippen molar-refractivity contribution in [3.8, 4) is 0 Å². The van der Waals surface area contributed by atoms with Gasteiger partial charge >= 0.3 is 0 Å². The van der Waals surface area contributed by atoms with Crippen LogP contribution in [-0.2, 0) is 0 Å². The van der Waals surface area contributed by atoms with E-state index in [-0.39, 0.29) is 18.6 Å². The van der Waals surface area contributed by atoms with Crippen LogP contribution in [0.15, 0.2) is 29.4 Å². The molecule has 34 heavy (non-hydrogen) atoms. The SMILES string of the molecule is CCCSc1nc(NC2CC2c2ccccc2C)c2nnn([C@H]3C[C@@H](CCO)[C@H](O)[C@@H]3O)c2n1. The second-order valence-electron chi connectivity index (χ2n) is 9.42. The first-order valence-electron chi connectivity index (χ1n) is 12.1. The van der Waals surface area contributed by atoms with Crippen LogP contribution in [0.1, 0.15) is 55.7 Å². The summed E-state index contributed by atoms with van der Waals surface area (Å²) in [5.41, 5.74) is 3.78. The fourth-order valence-electron chi connectivity index (χ4n) is 5.06. The highest BCUT2D eigenvalue weighted by Gasteiger charge is 2.44. The molecule has 9 nitrogen and oxygen atoms in total. The number of benzene rings is 1. The molecule has 1 aromatic carbocycles. The highest BCUT2D eigenvalue weighted by Crippen LogP contribution is 2.45. The Morgan fingerprint density at radius 1 is 1.15 bits per heavy atom. The topological polar surface area (TPSA) is 129 Å². The molecule has 182 valence electrons. The van der Waals surface area contributed by atoms with E-state index in [1.54, 1.807) is 16.4 Å². The Morgan fingerprint density at radius 2 is 1.97 bits per heavy atom. The number of aliphatic hydroxyl groups excluding tert-OH is 3. The summed E-state index contributed by atoms with van der Waals surface area (Å²) in [7, 11) is 0. The van der Waals surface area contributed by atoms with Gasteiger partial charge in [-0.05, 0) is 49.7 Å². The number of aryl methyl sites for hydroxylation is 1. The Labute approximate surface area is 203 Å². The van der Waals surface area contributed by atoms with Crippen LogP contribution in [0.25, 0.3) is 11.2 Å². The van der Waals surface area contributed by atoms with E-state index in [1.165, 1.54) is 11.1 Å². The number of hydrogen-bond donors (Lipinski definition) is 4. The number of anilines is 1. The van der Waals surface area contributed by atoms with Crippen molar-refractivity contribution < 1.29 is 15.3 Å². The van der Waals surface area contributed by atoms with Crippen molar-refractivity contribution in [2.24, 2.45) is 5.92 Å². The third-order valence-electron chi connectivity index (χ3n) is 7.02. The molecule has 2 heterocycles. The van der Waals surface area contributed by atoms with Crippen molar-refractivity contribution in [3.63, 3.8) is 0 Å². The Hall–Kier alpha value is -2.27. The van der Waals surface area contributed by atoms with Gasteiger partial charge in [0.05, 0.1) is 12.1 Å². The maximum atomic E-state index is 10.7. The second kappa shape index (κ2) is 9.77. The Morgan fingerprint density at radius 3 is 2.74 bits per heavy atom. The molecule has 2 aromatic heterocycles. The lowest BCUT2D eigenvalue weighted by Crippen LogP contribution is -2.30. The van der Waals surface area contributed by atoms with Gasteiger partial charge in [0.1, 0.15) is 6.10 Å². The van der Waals surface area contributed by atoms with E-state index in [4.69, 9.17) is 9.97 Å². The van der Waals surface area contributed by atoms with Crippen LogP contribution in [-0.4, -0.2) is 70.9 Å². The Balaban J connectivity index is 1.46. The fraction of sp³-hybridized carbons (Fsp3) is 0.583. The molecule has 2 unspecified atom stereocenters. The largest absolute Gasteiger partial charge is 0.396 e. The summed E-state index contributed by atoms with van der Waals surface area (Å²) < 4.78 is 1.63. The van der Waals surface area contributed by atoms with Gasteiger partial charge in [-0.1, -0.05) is 48.2 Å². The molecule has 3 aromatic rings. The molecule has 2 aliphatic rings. The molecule has 0 amide bonds. The maximum absolute atomic E-state index is 10.7. The van der Waals surface area contributed by atoms with Gasteiger partial charge in [0, 0.05) is 24.3 Å². The summed E-state index contributed by atoms with van der Waals surface area (Å²) in [4.78, 5) is 9.50. The van der Waals surface area contributed by atoms with E-state index in [1.807, 2.05) is 0 Å². The minimum Gasteiger partial charge on any atom is -0.396 e. The number of thioether (sulfide) groups is 1. The average Bonchev–Trinajstić information content (AvgIpc) is 3.37. The highest BCUT2D eigenvalue weighted by atomic mass is 32.2. The van der Waals surface area contributed by atoms with Gasteiger partial charge in [0.2, 0.25) is 0 Å². The molecular formula is C24H32N6O3S. The van der Waals surface area contributed by atoms with Crippen molar-refractivity contribution in [2.75, 3.05) is 17.7 Å². The Kier molecular flexibility index (Phi) is 6.74. The van der Waals surface area contributed by atoms with Crippen LogP contribution >= 0.6 is 11.8 Å². The summed E-state index contributed by atoms with van der Waals surface area (Å²) in [6.07, 6.45) is 1.06. The van der Waals surface area contributed by atoms with E-state index >= 15 is 0 Å². The van der Waals surface area contributed by atoms with Crippen molar-refractivity contribution in [3.05, 3.63) is 35.4 Å². The van der Waals surface area contributed by atoms with Crippen LogP contribution in [0.4, 0.5) is 5.82 Å². The monoisotopic (exact) mass is 484 g/mol. The molecule has 6 atom stereocenters. The van der Waals surface area contributed by atoms with E-state index in [9.17, 15) is 15.3 Å². The predicted octanol–water partition coefficient (Wildman–Crippen LogP) is 2.67. The summed E-state index contributed by atoms with van der Waals surface area (Å²) in [6.45, 7) is 4.23. The van der Waals surface area contributed by atoms with Crippen molar-refractivity contribution in [2.45, 2.75) is 74.9 Å². The van der Waals surface area contributed by atoms with Crippen LogP contribution < -0.4 is 5.32 Å². The van der Waals surface area contributed by atoms with E-state index in [2.05, 4.69) is 53.7 Å². The zero-order valence-corrected chi connectivity index (χ0v) is 20.3. The highest BCUT2D eigenvalue weighted by molar-refractivity contribution is 7.99. The predicted molar refractivity (Wildman–Crippen MR) is 131 cm³/mol. The molecule has 4 N–H and O–H groups in total. The van der Waals surface area contributed by atoms with E-state index < -0.39 is 18.2 Å². The van der Waals surface area contributed by atoms with Crippen LogP contribution in [0, 0.1) is 12.8 Å². The molecule has 0 radical (unpaired) electrons. The van der Waals surface area contributed by atoms with Gasteiger partial charge in [-0.15, -0.1) is 5.10 Å². The minimum absolute atomic E-state index is 0.0310. The first-order valence-corrected chi connectivity index (χ1v) is 13.0. The maximum Gasteiger partial charge on any atom is 0.191 e. The van der Waals surface area contributed by atoms with Crippen LogP contribution in [0.2, 0.25) is 0 Å². The number of nitrogens with zero attached hydrogens (tertiary/aromatic N) is 5. The smallest absolute Gasteiger partial charge is 0.191 e. The third-order valence-corrected chi connectivity index (χ3v) is 8.08. The molecular weight excluding hydrogens is 452 g/mol. The second-order valence-corrected chi connectivity index (χ2v) is 10.5. The van der Waals surface area contributed by atoms with Crippen LogP contribution in [0.5, 0.6) is 0 Å². The lowest BCUT2D eigenvalue weighted by atomic mass is 10.0. The molecule has 5 rings (SSSR count). The average molecular weight is 485 g/mol. The van der Waals surface area contributed by atoms with Gasteiger partial charge in [0.25, 0.3) is 0 Å². The standard InChI is InChI=1S/C24H32N6O3S/c1-3-10-34-24-26-22(25-17-12-16(17)15-7-5-4-6-13(15)2)19-23(27-24)30(29-28-19)18-11-14(8-9-31)20(32)21(18)33/h4-7,14,16-18,20-21,31-33H,3,8-12H2,1-2H3,(H,25,26,27)/t14-,16?,17?,18+,20+,21-/m1/s1. The first-order chi connectivity index (χ1) is 16.5. The van der Waals surface area contributed by atoms with Gasteiger partial charge in [-0.3, -0.25) is 0 Å². The van der Waals surface area contributed by atoms with Crippen molar-refractivity contribution >= 4 is 28.7 Å². The van der Waals surface area contributed by atoms with Gasteiger partial charge in [-0.25, -0.2) is 14.6 Å². The molecule has 2 saturated carbocycles. The molecule has 0 spiro atoms. The quantitative estimate of drug-likeness (QED) is 0.267. The number of hydrogen-bond acceptors (Lipinski definition) is 9. The summed E-state index contributed by atoms with van der Waals surface area (Å²) in [5, 5.41) is 43.5. The zero-order valence-electron chi connectivity index (χ0n) is 19.5. The molecule has 10 heteroatoms. The number of nitrogens with one attached hydrogen (secondary N) is 1. The molecule has 0 aliphatic heterocycles. The van der Waals surface area contributed by atoms with Crippen molar-refractivity contribution in [1.29, 1.82) is 0 Å². The minimum atomic E-state index is -0.992. The number of fused-ring (bicyclic) bond motifs is 1. The number of aromatic nitrogens is 5. The normalized spacial score (nSPS) is 28.5. The van der Waals surface area contributed by atoms with Gasteiger partial charge < -0.3 is 20.6 Å². The van der Waals surface area contributed by atoms with E-state index in [0.717, 1.165) is 18.6 Å².